The molecule has 5 nitrogen and oxygen atoms in total. The number of carbonyl (C=O) groups excluding carboxylic acids is 1. The molecule has 0 aliphatic carbocycles. The van der Waals surface area contributed by atoms with Crippen LogP contribution in [-0.2, 0) is 4.79 Å². The topological polar surface area (TPSA) is 72.2 Å². The van der Waals surface area contributed by atoms with Crippen LogP contribution in [0, 0.1) is 10.1 Å². The lowest BCUT2D eigenvalue weighted by atomic mass is 10.4. The predicted octanol–water partition coefficient (Wildman–Crippen LogP) is 1.81. The summed E-state index contributed by atoms with van der Waals surface area (Å²) >= 11 is 1.10. The molecule has 0 saturated heterocycles. The molecule has 0 aliphatic heterocycles. The molecule has 1 heterocycles. The van der Waals surface area contributed by atoms with Gasteiger partial charge in [-0.2, -0.15) is 0 Å². The van der Waals surface area contributed by atoms with Crippen molar-refractivity contribution in [1.82, 2.24) is 5.32 Å². The Morgan fingerprint density at radius 2 is 2.40 bits per heavy atom. The first-order chi connectivity index (χ1) is 7.09. The van der Waals surface area contributed by atoms with E-state index in [2.05, 4.69) is 5.32 Å². The second-order valence-electron chi connectivity index (χ2n) is 2.77. The van der Waals surface area contributed by atoms with Gasteiger partial charge < -0.3 is 5.32 Å². The van der Waals surface area contributed by atoms with Crippen LogP contribution >= 0.6 is 11.3 Å². The highest BCUT2D eigenvalue weighted by molar-refractivity contribution is 7.16. The molecule has 0 bridgehead atoms. The summed E-state index contributed by atoms with van der Waals surface area (Å²) in [5, 5.41) is 13.1. The minimum atomic E-state index is -0.421. The molecule has 0 radical (unpaired) electrons. The van der Waals surface area contributed by atoms with Crippen molar-refractivity contribution in [1.29, 1.82) is 0 Å². The third-order valence-electron chi connectivity index (χ3n) is 1.54. The number of hydrogen-bond acceptors (Lipinski definition) is 4. The lowest BCUT2D eigenvalue weighted by Gasteiger charge is -1.92. The summed E-state index contributed by atoms with van der Waals surface area (Å²) < 4.78 is 0. The lowest BCUT2D eigenvalue weighted by molar-refractivity contribution is -0.380. The molecule has 1 aromatic rings. The highest BCUT2D eigenvalue weighted by Gasteiger charge is 2.07. The van der Waals surface area contributed by atoms with Gasteiger partial charge in [-0.25, -0.2) is 0 Å². The van der Waals surface area contributed by atoms with Crippen molar-refractivity contribution in [2.24, 2.45) is 0 Å². The van der Waals surface area contributed by atoms with Gasteiger partial charge in [0.2, 0.25) is 5.91 Å². The van der Waals surface area contributed by atoms with Gasteiger partial charge in [-0.3, -0.25) is 14.9 Å². The maximum Gasteiger partial charge on any atom is 0.324 e. The molecule has 0 unspecified atom stereocenters. The van der Waals surface area contributed by atoms with Crippen molar-refractivity contribution in [2.45, 2.75) is 6.92 Å². The Morgan fingerprint density at radius 1 is 1.67 bits per heavy atom. The zero-order chi connectivity index (χ0) is 11.3. The third-order valence-corrected chi connectivity index (χ3v) is 2.55. The van der Waals surface area contributed by atoms with E-state index in [0.29, 0.717) is 6.54 Å². The molecule has 0 atom stereocenters. The second-order valence-corrected chi connectivity index (χ2v) is 3.87. The second kappa shape index (κ2) is 5.26. The number of amides is 1. The monoisotopic (exact) mass is 226 g/mol. The van der Waals surface area contributed by atoms with Crippen LogP contribution in [0.15, 0.2) is 18.2 Å². The fourth-order valence-corrected chi connectivity index (χ4v) is 1.66. The van der Waals surface area contributed by atoms with Crippen LogP contribution < -0.4 is 5.32 Å². The average Bonchev–Trinajstić information content (AvgIpc) is 2.60. The van der Waals surface area contributed by atoms with E-state index in [-0.39, 0.29) is 10.9 Å². The Hall–Kier alpha value is -1.69. The molecule has 1 aromatic heterocycles. The third kappa shape index (κ3) is 3.90. The molecule has 15 heavy (non-hydrogen) atoms. The molecule has 1 amide bonds. The number of carbonyl (C=O) groups is 1. The first-order valence-electron chi connectivity index (χ1n) is 4.25. The summed E-state index contributed by atoms with van der Waals surface area (Å²) in [7, 11) is 0. The molecular formula is C9H10N2O3S. The van der Waals surface area contributed by atoms with Crippen LogP contribution in [0.2, 0.25) is 0 Å². The number of hydrogen-bond donors (Lipinski definition) is 1. The molecule has 0 aliphatic rings. The summed E-state index contributed by atoms with van der Waals surface area (Å²) in [5.74, 6) is -0.100. The number of nitrogens with zero attached hydrogens (tertiary/aromatic N) is 1. The highest BCUT2D eigenvalue weighted by Crippen LogP contribution is 2.24. The largest absolute Gasteiger partial charge is 0.353 e. The lowest BCUT2D eigenvalue weighted by Crippen LogP contribution is -2.19. The van der Waals surface area contributed by atoms with Gasteiger partial charge >= 0.3 is 5.00 Å². The number of nitro groups is 1. The average molecular weight is 226 g/mol. The first kappa shape index (κ1) is 11.4. The molecule has 0 saturated carbocycles. The van der Waals surface area contributed by atoms with Gasteiger partial charge in [0, 0.05) is 24.4 Å². The van der Waals surface area contributed by atoms with Gasteiger partial charge in [0.15, 0.2) is 0 Å². The predicted molar refractivity (Wildman–Crippen MR) is 58.7 cm³/mol. The number of nitrogens with one attached hydrogen (secondary N) is 1. The van der Waals surface area contributed by atoms with Crippen LogP contribution in [0.5, 0.6) is 0 Å². The van der Waals surface area contributed by atoms with E-state index >= 15 is 0 Å². The summed E-state index contributed by atoms with van der Waals surface area (Å²) in [6, 6.07) is 3.13. The fraction of sp³-hybridized carbons (Fsp3) is 0.222. The first-order valence-corrected chi connectivity index (χ1v) is 5.06. The van der Waals surface area contributed by atoms with Crippen molar-refractivity contribution in [2.75, 3.05) is 6.54 Å². The molecule has 1 N–H and O–H groups in total. The van der Waals surface area contributed by atoms with Crippen molar-refractivity contribution < 1.29 is 9.72 Å². The minimum absolute atomic E-state index is 0.100. The minimum Gasteiger partial charge on any atom is -0.353 e. The summed E-state index contributed by atoms with van der Waals surface area (Å²) in [5.41, 5.74) is 0. The van der Waals surface area contributed by atoms with E-state index < -0.39 is 4.92 Å². The molecule has 0 aromatic carbocycles. The summed E-state index contributed by atoms with van der Waals surface area (Å²) in [4.78, 5) is 21.3. The van der Waals surface area contributed by atoms with E-state index in [0.717, 1.165) is 16.2 Å². The van der Waals surface area contributed by atoms with Gasteiger partial charge in [0.05, 0.1) is 4.92 Å². The molecule has 6 heteroatoms. The maximum absolute atomic E-state index is 10.5. The van der Waals surface area contributed by atoms with E-state index in [4.69, 9.17) is 0 Å². The number of rotatable bonds is 4. The number of thiophene rings is 1. The van der Waals surface area contributed by atoms with E-state index in [9.17, 15) is 14.9 Å². The zero-order valence-corrected chi connectivity index (χ0v) is 8.91. The zero-order valence-electron chi connectivity index (χ0n) is 8.10. The summed E-state index contributed by atoms with van der Waals surface area (Å²) in [6.07, 6.45) is 3.49. The highest BCUT2D eigenvalue weighted by atomic mass is 32.1. The Bertz CT molecular complexity index is 398. The standard InChI is InChI=1S/C9H10N2O3S/c1-7(12)10-6-2-3-8-4-5-9(15-8)11(13)14/h2-5H,6H2,1H3,(H,10,12). The molecule has 80 valence electrons. The van der Waals surface area contributed by atoms with E-state index in [1.807, 2.05) is 0 Å². The smallest absolute Gasteiger partial charge is 0.324 e. The van der Waals surface area contributed by atoms with Crippen molar-refractivity contribution in [3.8, 4) is 0 Å². The molecular weight excluding hydrogens is 216 g/mol. The normalized spacial score (nSPS) is 10.5. The molecule has 1 rings (SSSR count). The summed E-state index contributed by atoms with van der Waals surface area (Å²) in [6.45, 7) is 1.87. The Morgan fingerprint density at radius 3 is 2.93 bits per heavy atom. The van der Waals surface area contributed by atoms with Gasteiger partial charge in [0.25, 0.3) is 0 Å². The maximum atomic E-state index is 10.5. The Labute approximate surface area is 90.6 Å². The van der Waals surface area contributed by atoms with Gasteiger partial charge in [-0.1, -0.05) is 17.4 Å². The van der Waals surface area contributed by atoms with E-state index in [1.165, 1.54) is 13.0 Å². The fourth-order valence-electron chi connectivity index (χ4n) is 0.908. The molecule has 0 spiro atoms. The van der Waals surface area contributed by atoms with Crippen LogP contribution in [0.4, 0.5) is 5.00 Å². The van der Waals surface area contributed by atoms with Crippen LogP contribution in [0.3, 0.4) is 0 Å². The van der Waals surface area contributed by atoms with Crippen LogP contribution in [0.25, 0.3) is 6.08 Å². The van der Waals surface area contributed by atoms with Gasteiger partial charge in [-0.15, -0.1) is 0 Å². The van der Waals surface area contributed by atoms with Crippen LogP contribution in [-0.4, -0.2) is 17.4 Å². The Balaban J connectivity index is 2.50. The van der Waals surface area contributed by atoms with Crippen LogP contribution in [0.1, 0.15) is 11.8 Å². The van der Waals surface area contributed by atoms with Crippen molar-refractivity contribution in [3.05, 3.63) is 33.2 Å². The quantitative estimate of drug-likeness (QED) is 0.628. The molecule has 0 fully saturated rings. The van der Waals surface area contributed by atoms with Gasteiger partial charge in [0.1, 0.15) is 0 Å². The van der Waals surface area contributed by atoms with Gasteiger partial charge in [-0.05, 0) is 12.1 Å². The van der Waals surface area contributed by atoms with Crippen molar-refractivity contribution >= 4 is 28.3 Å². The Kier molecular flexibility index (Phi) is 3.99. The SMILES string of the molecule is CC(=O)NCC=Cc1ccc([N+](=O)[O-])s1. The van der Waals surface area contributed by atoms with E-state index in [1.54, 1.807) is 18.2 Å². The van der Waals surface area contributed by atoms with Crippen molar-refractivity contribution in [3.63, 3.8) is 0 Å².